The zero-order valence-corrected chi connectivity index (χ0v) is 18.9. The van der Waals surface area contributed by atoms with Gasteiger partial charge in [0.05, 0.1) is 26.3 Å². The molecule has 0 unspecified atom stereocenters. The predicted molar refractivity (Wildman–Crippen MR) is 127 cm³/mol. The van der Waals surface area contributed by atoms with E-state index >= 15 is 0 Å². The van der Waals surface area contributed by atoms with Gasteiger partial charge in [0.15, 0.2) is 11.5 Å². The van der Waals surface area contributed by atoms with E-state index in [1.807, 2.05) is 60.0 Å². The molecule has 7 heteroatoms. The molecule has 0 atom stereocenters. The molecule has 0 radical (unpaired) electrons. The largest absolute Gasteiger partial charge is 0.493 e. The van der Waals surface area contributed by atoms with Crippen molar-refractivity contribution in [3.05, 3.63) is 88.2 Å². The van der Waals surface area contributed by atoms with Gasteiger partial charge in [-0.3, -0.25) is 9.48 Å². The summed E-state index contributed by atoms with van der Waals surface area (Å²) < 4.78 is 12.6. The number of rotatable bonds is 9. The number of ether oxygens (including phenoxy) is 2. The van der Waals surface area contributed by atoms with Gasteiger partial charge >= 0.3 is 0 Å². The van der Waals surface area contributed by atoms with E-state index in [2.05, 4.69) is 11.4 Å². The summed E-state index contributed by atoms with van der Waals surface area (Å²) in [4.78, 5) is 14.3. The lowest BCUT2D eigenvalue weighted by molar-refractivity contribution is 0.0954. The number of nitrogens with zero attached hydrogens (tertiary/aromatic N) is 2. The predicted octanol–water partition coefficient (Wildman–Crippen LogP) is 4.65. The van der Waals surface area contributed by atoms with Crippen molar-refractivity contribution in [3.63, 3.8) is 0 Å². The summed E-state index contributed by atoms with van der Waals surface area (Å²) >= 11 is 1.69. The van der Waals surface area contributed by atoms with Crippen molar-refractivity contribution in [1.29, 1.82) is 0 Å². The standard InChI is InChI=1S/C25H25N3O3S/c1-30-22-11-10-19(15-23(22)31-2)24-21(25(29)26-13-12-20-9-6-14-32-20)17-28(27-24)16-18-7-4-3-5-8-18/h3-11,14-15,17H,12-13,16H2,1-2H3,(H,26,29). The lowest BCUT2D eigenvalue weighted by Gasteiger charge is -2.09. The van der Waals surface area contributed by atoms with Gasteiger partial charge in [-0.1, -0.05) is 36.4 Å². The number of hydrogen-bond acceptors (Lipinski definition) is 5. The molecular formula is C25H25N3O3S. The lowest BCUT2D eigenvalue weighted by Crippen LogP contribution is -2.25. The summed E-state index contributed by atoms with van der Waals surface area (Å²) in [5, 5.41) is 9.82. The van der Waals surface area contributed by atoms with E-state index in [4.69, 9.17) is 14.6 Å². The number of carbonyl (C=O) groups excluding carboxylic acids is 1. The van der Waals surface area contributed by atoms with Gasteiger partial charge in [-0.2, -0.15) is 5.10 Å². The minimum atomic E-state index is -0.148. The average molecular weight is 448 g/mol. The first-order chi connectivity index (χ1) is 15.7. The molecule has 6 nitrogen and oxygen atoms in total. The summed E-state index contributed by atoms with van der Waals surface area (Å²) in [5.41, 5.74) is 3.03. The number of amides is 1. The van der Waals surface area contributed by atoms with Crippen LogP contribution >= 0.6 is 11.3 Å². The Morgan fingerprint density at radius 2 is 1.84 bits per heavy atom. The van der Waals surface area contributed by atoms with Crippen LogP contribution < -0.4 is 14.8 Å². The maximum absolute atomic E-state index is 13.1. The van der Waals surface area contributed by atoms with E-state index < -0.39 is 0 Å². The number of aromatic nitrogens is 2. The van der Waals surface area contributed by atoms with Crippen LogP contribution in [0.3, 0.4) is 0 Å². The summed E-state index contributed by atoms with van der Waals surface area (Å²) in [5.74, 6) is 1.07. The van der Waals surface area contributed by atoms with Crippen LogP contribution in [-0.4, -0.2) is 36.5 Å². The monoisotopic (exact) mass is 447 g/mol. The van der Waals surface area contributed by atoms with E-state index in [0.717, 1.165) is 17.5 Å². The molecule has 4 rings (SSSR count). The molecule has 2 aromatic heterocycles. The van der Waals surface area contributed by atoms with Crippen LogP contribution in [0.15, 0.2) is 72.2 Å². The van der Waals surface area contributed by atoms with Crippen molar-refractivity contribution in [2.75, 3.05) is 20.8 Å². The smallest absolute Gasteiger partial charge is 0.255 e. The molecule has 0 saturated heterocycles. The minimum absolute atomic E-state index is 0.148. The van der Waals surface area contributed by atoms with E-state index in [-0.39, 0.29) is 5.91 Å². The highest BCUT2D eigenvalue weighted by Crippen LogP contribution is 2.33. The Morgan fingerprint density at radius 1 is 1.03 bits per heavy atom. The second-order valence-corrected chi connectivity index (χ2v) is 8.26. The van der Waals surface area contributed by atoms with Crippen LogP contribution in [-0.2, 0) is 13.0 Å². The number of carbonyl (C=O) groups is 1. The van der Waals surface area contributed by atoms with Crippen LogP contribution in [0.1, 0.15) is 20.8 Å². The summed E-state index contributed by atoms with van der Waals surface area (Å²) in [6, 6.07) is 19.7. The Morgan fingerprint density at radius 3 is 2.56 bits per heavy atom. The third kappa shape index (κ3) is 5.00. The maximum atomic E-state index is 13.1. The summed E-state index contributed by atoms with van der Waals surface area (Å²) in [6.07, 6.45) is 2.60. The van der Waals surface area contributed by atoms with Crippen molar-refractivity contribution in [1.82, 2.24) is 15.1 Å². The molecular weight excluding hydrogens is 422 g/mol. The van der Waals surface area contributed by atoms with E-state index in [0.29, 0.717) is 35.8 Å². The molecule has 1 N–H and O–H groups in total. The Labute approximate surface area is 191 Å². The zero-order valence-electron chi connectivity index (χ0n) is 18.1. The molecule has 0 aliphatic heterocycles. The highest BCUT2D eigenvalue weighted by atomic mass is 32.1. The van der Waals surface area contributed by atoms with Crippen LogP contribution in [0.2, 0.25) is 0 Å². The first kappa shape index (κ1) is 21.6. The zero-order chi connectivity index (χ0) is 22.3. The van der Waals surface area contributed by atoms with E-state index in [9.17, 15) is 4.79 Å². The minimum Gasteiger partial charge on any atom is -0.493 e. The number of hydrogen-bond donors (Lipinski definition) is 1. The van der Waals surface area contributed by atoms with Crippen molar-refractivity contribution >= 4 is 17.2 Å². The van der Waals surface area contributed by atoms with Crippen LogP contribution in [0.5, 0.6) is 11.5 Å². The van der Waals surface area contributed by atoms with Crippen LogP contribution in [0.25, 0.3) is 11.3 Å². The van der Waals surface area contributed by atoms with Crippen molar-refractivity contribution in [3.8, 4) is 22.8 Å². The van der Waals surface area contributed by atoms with Gasteiger partial charge in [0.2, 0.25) is 0 Å². The molecule has 0 fully saturated rings. The molecule has 1 amide bonds. The number of methoxy groups -OCH3 is 2. The van der Waals surface area contributed by atoms with E-state index in [1.54, 1.807) is 36.4 Å². The van der Waals surface area contributed by atoms with Crippen molar-refractivity contribution < 1.29 is 14.3 Å². The number of thiophene rings is 1. The topological polar surface area (TPSA) is 65.4 Å². The Balaban J connectivity index is 1.63. The second kappa shape index (κ2) is 10.2. The van der Waals surface area contributed by atoms with Gasteiger partial charge in [0.25, 0.3) is 5.91 Å². The number of benzene rings is 2. The third-order valence-corrected chi connectivity index (χ3v) is 6.02. The fourth-order valence-electron chi connectivity index (χ4n) is 3.49. The highest BCUT2D eigenvalue weighted by Gasteiger charge is 2.19. The summed E-state index contributed by atoms with van der Waals surface area (Å²) in [7, 11) is 3.19. The number of nitrogens with one attached hydrogen (secondary N) is 1. The molecule has 164 valence electrons. The molecule has 4 aromatic rings. The average Bonchev–Trinajstić information content (AvgIpc) is 3.49. The van der Waals surface area contributed by atoms with Gasteiger partial charge in [0.1, 0.15) is 5.69 Å². The molecule has 0 aliphatic rings. The molecule has 2 heterocycles. The first-order valence-electron chi connectivity index (χ1n) is 10.3. The third-order valence-electron chi connectivity index (χ3n) is 5.09. The molecule has 0 aliphatic carbocycles. The van der Waals surface area contributed by atoms with E-state index in [1.165, 1.54) is 4.88 Å². The molecule has 0 bridgehead atoms. The van der Waals surface area contributed by atoms with Gasteiger partial charge in [-0.15, -0.1) is 11.3 Å². The van der Waals surface area contributed by atoms with Crippen LogP contribution in [0, 0.1) is 0 Å². The van der Waals surface area contributed by atoms with Gasteiger partial charge in [-0.05, 0) is 41.6 Å². The Hall–Kier alpha value is -3.58. The van der Waals surface area contributed by atoms with Crippen molar-refractivity contribution in [2.45, 2.75) is 13.0 Å². The Kier molecular flexibility index (Phi) is 6.87. The van der Waals surface area contributed by atoms with Crippen LogP contribution in [0.4, 0.5) is 0 Å². The Bertz CT molecular complexity index is 1170. The second-order valence-electron chi connectivity index (χ2n) is 7.23. The summed E-state index contributed by atoms with van der Waals surface area (Å²) in [6.45, 7) is 1.14. The molecule has 0 spiro atoms. The van der Waals surface area contributed by atoms with Gasteiger partial charge in [-0.25, -0.2) is 0 Å². The molecule has 32 heavy (non-hydrogen) atoms. The van der Waals surface area contributed by atoms with Crippen molar-refractivity contribution in [2.24, 2.45) is 0 Å². The van der Waals surface area contributed by atoms with Gasteiger partial charge < -0.3 is 14.8 Å². The first-order valence-corrected chi connectivity index (χ1v) is 11.2. The normalized spacial score (nSPS) is 10.7. The molecule has 2 aromatic carbocycles. The quantitative estimate of drug-likeness (QED) is 0.406. The fraction of sp³-hybridized carbons (Fsp3) is 0.200. The fourth-order valence-corrected chi connectivity index (χ4v) is 4.19. The highest BCUT2D eigenvalue weighted by molar-refractivity contribution is 7.09. The molecule has 0 saturated carbocycles. The lowest BCUT2D eigenvalue weighted by atomic mass is 10.1. The van der Waals surface area contributed by atoms with Gasteiger partial charge in [0, 0.05) is 23.2 Å². The SMILES string of the molecule is COc1ccc(-c2nn(Cc3ccccc3)cc2C(=O)NCCc2cccs2)cc1OC. The maximum Gasteiger partial charge on any atom is 0.255 e.